The SMILES string of the molecule is O=C(/C=C/c1ccco1)N1CCC(CNC(=O)C23CC4CC(CC(C4)C2)C3)CC1. The number of amides is 2. The summed E-state index contributed by atoms with van der Waals surface area (Å²) < 4.78 is 5.23. The molecule has 4 aliphatic carbocycles. The zero-order chi connectivity index (χ0) is 19.8. The lowest BCUT2D eigenvalue weighted by Gasteiger charge is -2.55. The quantitative estimate of drug-likeness (QED) is 0.769. The van der Waals surface area contributed by atoms with Crippen molar-refractivity contribution in [3.63, 3.8) is 0 Å². The van der Waals surface area contributed by atoms with E-state index in [4.69, 9.17) is 4.42 Å². The Kier molecular flexibility index (Phi) is 5.00. The van der Waals surface area contributed by atoms with E-state index in [-0.39, 0.29) is 11.3 Å². The summed E-state index contributed by atoms with van der Waals surface area (Å²) in [7, 11) is 0. The van der Waals surface area contributed by atoms with E-state index in [0.717, 1.165) is 69.5 Å². The minimum atomic E-state index is -0.0535. The molecule has 0 aromatic carbocycles. The lowest BCUT2D eigenvalue weighted by molar-refractivity contribution is -0.146. The van der Waals surface area contributed by atoms with Crippen molar-refractivity contribution in [2.45, 2.75) is 51.4 Å². The Balaban J connectivity index is 1.08. The van der Waals surface area contributed by atoms with Crippen LogP contribution in [0.5, 0.6) is 0 Å². The summed E-state index contributed by atoms with van der Waals surface area (Å²) in [6.07, 6.45) is 14.3. The highest BCUT2D eigenvalue weighted by atomic mass is 16.3. The first kappa shape index (κ1) is 19.0. The van der Waals surface area contributed by atoms with Gasteiger partial charge >= 0.3 is 0 Å². The third-order valence-electron chi connectivity index (χ3n) is 7.93. The Morgan fingerprint density at radius 1 is 1.10 bits per heavy atom. The van der Waals surface area contributed by atoms with Crippen LogP contribution in [-0.4, -0.2) is 36.3 Å². The number of hydrogen-bond acceptors (Lipinski definition) is 3. The average molecular weight is 397 g/mol. The van der Waals surface area contributed by atoms with Crippen LogP contribution in [0.4, 0.5) is 0 Å². The molecule has 1 aromatic heterocycles. The molecular weight excluding hydrogens is 364 g/mol. The van der Waals surface area contributed by atoms with Crippen LogP contribution in [0.3, 0.4) is 0 Å². The molecule has 2 amide bonds. The largest absolute Gasteiger partial charge is 0.465 e. The number of hydrogen-bond donors (Lipinski definition) is 1. The van der Waals surface area contributed by atoms with E-state index in [9.17, 15) is 9.59 Å². The molecule has 6 rings (SSSR count). The zero-order valence-corrected chi connectivity index (χ0v) is 17.1. The van der Waals surface area contributed by atoms with Gasteiger partial charge in [0.25, 0.3) is 0 Å². The van der Waals surface area contributed by atoms with Gasteiger partial charge in [0.1, 0.15) is 5.76 Å². The van der Waals surface area contributed by atoms with Gasteiger partial charge in [-0.2, -0.15) is 0 Å². The van der Waals surface area contributed by atoms with Crippen molar-refractivity contribution in [3.8, 4) is 0 Å². The average Bonchev–Trinajstić information content (AvgIpc) is 3.23. The summed E-state index contributed by atoms with van der Waals surface area (Å²) in [5.41, 5.74) is -0.0535. The number of piperidine rings is 1. The lowest BCUT2D eigenvalue weighted by Crippen LogP contribution is -2.54. The van der Waals surface area contributed by atoms with Crippen LogP contribution < -0.4 is 5.32 Å². The van der Waals surface area contributed by atoms with Crippen LogP contribution in [0.2, 0.25) is 0 Å². The second-order valence-electron chi connectivity index (χ2n) is 10.0. The van der Waals surface area contributed by atoms with Gasteiger partial charge in [0.05, 0.1) is 6.26 Å². The first-order valence-electron chi connectivity index (χ1n) is 11.4. The second kappa shape index (κ2) is 7.66. The predicted molar refractivity (Wildman–Crippen MR) is 111 cm³/mol. The van der Waals surface area contributed by atoms with Gasteiger partial charge in [0.2, 0.25) is 11.8 Å². The smallest absolute Gasteiger partial charge is 0.246 e. The van der Waals surface area contributed by atoms with Gasteiger partial charge in [-0.15, -0.1) is 0 Å². The Morgan fingerprint density at radius 3 is 2.34 bits per heavy atom. The number of carbonyl (C=O) groups excluding carboxylic acids is 2. The summed E-state index contributed by atoms with van der Waals surface area (Å²) >= 11 is 0. The highest BCUT2D eigenvalue weighted by molar-refractivity contribution is 5.91. The third kappa shape index (κ3) is 3.88. The first-order chi connectivity index (χ1) is 14.1. The Labute approximate surface area is 172 Å². The first-order valence-corrected chi connectivity index (χ1v) is 11.4. The molecule has 29 heavy (non-hydrogen) atoms. The van der Waals surface area contributed by atoms with E-state index in [1.807, 2.05) is 17.0 Å². The molecule has 4 saturated carbocycles. The monoisotopic (exact) mass is 396 g/mol. The number of carbonyl (C=O) groups is 2. The molecule has 0 atom stereocenters. The lowest BCUT2D eigenvalue weighted by atomic mass is 9.49. The minimum absolute atomic E-state index is 0.0393. The second-order valence-corrected chi connectivity index (χ2v) is 10.0. The fraction of sp³-hybridized carbons (Fsp3) is 0.667. The van der Waals surface area contributed by atoms with E-state index in [1.165, 1.54) is 19.3 Å². The Hall–Kier alpha value is -2.04. The van der Waals surface area contributed by atoms with Crippen LogP contribution in [-0.2, 0) is 9.59 Å². The van der Waals surface area contributed by atoms with Gasteiger partial charge in [0, 0.05) is 31.1 Å². The molecule has 1 N–H and O–H groups in total. The molecule has 5 heteroatoms. The van der Waals surface area contributed by atoms with Gasteiger partial charge in [-0.1, -0.05) is 0 Å². The number of likely N-dealkylation sites (tertiary alicyclic amines) is 1. The fourth-order valence-electron chi connectivity index (χ4n) is 6.82. The van der Waals surface area contributed by atoms with Gasteiger partial charge in [-0.3, -0.25) is 9.59 Å². The maximum atomic E-state index is 13.1. The molecule has 1 aromatic rings. The van der Waals surface area contributed by atoms with Crippen molar-refractivity contribution in [2.75, 3.05) is 19.6 Å². The van der Waals surface area contributed by atoms with E-state index in [2.05, 4.69) is 5.32 Å². The third-order valence-corrected chi connectivity index (χ3v) is 7.93. The maximum Gasteiger partial charge on any atom is 0.246 e. The van der Waals surface area contributed by atoms with Crippen molar-refractivity contribution >= 4 is 17.9 Å². The van der Waals surface area contributed by atoms with Crippen molar-refractivity contribution in [1.82, 2.24) is 10.2 Å². The normalized spacial score (nSPS) is 34.1. The number of nitrogens with one attached hydrogen (secondary N) is 1. The van der Waals surface area contributed by atoms with Gasteiger partial charge < -0.3 is 14.6 Å². The summed E-state index contributed by atoms with van der Waals surface area (Å²) in [6.45, 7) is 2.29. The summed E-state index contributed by atoms with van der Waals surface area (Å²) in [4.78, 5) is 27.4. The molecule has 1 aliphatic heterocycles. The van der Waals surface area contributed by atoms with E-state index < -0.39 is 0 Å². The zero-order valence-electron chi connectivity index (χ0n) is 17.1. The molecule has 5 fully saturated rings. The summed E-state index contributed by atoms with van der Waals surface area (Å²) in [5.74, 6) is 3.95. The highest BCUT2D eigenvalue weighted by Gasteiger charge is 2.54. The van der Waals surface area contributed by atoms with E-state index in [0.29, 0.717) is 17.6 Å². The maximum absolute atomic E-state index is 13.1. The van der Waals surface area contributed by atoms with Crippen molar-refractivity contribution < 1.29 is 14.0 Å². The van der Waals surface area contributed by atoms with Crippen LogP contribution in [0, 0.1) is 29.1 Å². The number of rotatable bonds is 5. The van der Waals surface area contributed by atoms with Gasteiger partial charge in [0.15, 0.2) is 0 Å². The Bertz CT molecular complexity index is 739. The van der Waals surface area contributed by atoms with Crippen molar-refractivity contribution in [2.24, 2.45) is 29.1 Å². The highest BCUT2D eigenvalue weighted by Crippen LogP contribution is 2.60. The summed E-state index contributed by atoms with van der Waals surface area (Å²) in [5, 5.41) is 3.33. The predicted octanol–water partition coefficient (Wildman–Crippen LogP) is 3.86. The molecule has 2 heterocycles. The van der Waals surface area contributed by atoms with Crippen LogP contribution in [0.25, 0.3) is 6.08 Å². The molecule has 0 unspecified atom stereocenters. The molecule has 0 radical (unpaired) electrons. The fourth-order valence-corrected chi connectivity index (χ4v) is 6.82. The summed E-state index contributed by atoms with van der Waals surface area (Å²) in [6, 6.07) is 3.65. The van der Waals surface area contributed by atoms with Crippen LogP contribution >= 0.6 is 0 Å². The van der Waals surface area contributed by atoms with E-state index >= 15 is 0 Å². The minimum Gasteiger partial charge on any atom is -0.465 e. The number of nitrogens with zero attached hydrogens (tertiary/aromatic N) is 1. The standard InChI is InChI=1S/C24H32N2O3/c27-22(4-3-21-2-1-9-29-21)26-7-5-17(6-8-26)16-25-23(28)24-13-18-10-19(14-24)12-20(11-18)15-24/h1-4,9,17-20H,5-8,10-16H2,(H,25,28)/b4-3+. The molecule has 1 saturated heterocycles. The molecule has 5 nitrogen and oxygen atoms in total. The molecule has 0 spiro atoms. The molecule has 4 bridgehead atoms. The van der Waals surface area contributed by atoms with Crippen LogP contribution in [0.15, 0.2) is 28.9 Å². The number of furan rings is 1. The molecular formula is C24H32N2O3. The van der Waals surface area contributed by atoms with Gasteiger partial charge in [-0.05, 0) is 93.2 Å². The van der Waals surface area contributed by atoms with Gasteiger partial charge in [-0.25, -0.2) is 0 Å². The molecule has 156 valence electrons. The Morgan fingerprint density at radius 2 is 1.76 bits per heavy atom. The van der Waals surface area contributed by atoms with E-state index in [1.54, 1.807) is 18.4 Å². The molecule has 5 aliphatic rings. The van der Waals surface area contributed by atoms with Crippen molar-refractivity contribution in [3.05, 3.63) is 30.2 Å². The van der Waals surface area contributed by atoms with Crippen LogP contribution in [0.1, 0.15) is 57.1 Å². The van der Waals surface area contributed by atoms with Crippen molar-refractivity contribution in [1.29, 1.82) is 0 Å². The topological polar surface area (TPSA) is 62.6 Å².